The molecular weight excluding hydrogens is 389 g/mol. The quantitative estimate of drug-likeness (QED) is 0.503. The predicted octanol–water partition coefficient (Wildman–Crippen LogP) is 4.20. The number of ether oxygens (including phenoxy) is 3. The predicted molar refractivity (Wildman–Crippen MR) is 88.7 cm³/mol. The van der Waals surface area contributed by atoms with Gasteiger partial charge in [-0.3, -0.25) is 20.2 Å². The maximum absolute atomic E-state index is 13.6. The van der Waals surface area contributed by atoms with Gasteiger partial charge in [0.1, 0.15) is 5.75 Å². The lowest BCUT2D eigenvalue weighted by molar-refractivity contribution is -0.387. The summed E-state index contributed by atoms with van der Waals surface area (Å²) in [6, 6.07) is 5.43. The van der Waals surface area contributed by atoms with Gasteiger partial charge in [-0.2, -0.15) is 13.2 Å². The highest BCUT2D eigenvalue weighted by Crippen LogP contribution is 2.44. The molecular formula is C16H13F3N2O7. The van der Waals surface area contributed by atoms with Crippen molar-refractivity contribution in [2.45, 2.75) is 12.3 Å². The van der Waals surface area contributed by atoms with Crippen LogP contribution in [0.15, 0.2) is 36.4 Å². The highest BCUT2D eigenvalue weighted by atomic mass is 19.4. The molecule has 0 bridgehead atoms. The highest BCUT2D eigenvalue weighted by Gasteiger charge is 2.47. The van der Waals surface area contributed by atoms with Crippen LogP contribution in [-0.2, 0) is 0 Å². The molecule has 1 atom stereocenters. The molecule has 0 aliphatic rings. The van der Waals surface area contributed by atoms with E-state index in [4.69, 9.17) is 14.2 Å². The molecule has 2 aromatic rings. The second-order valence-electron chi connectivity index (χ2n) is 5.31. The zero-order valence-electron chi connectivity index (χ0n) is 14.4. The minimum atomic E-state index is -5.04. The molecule has 9 nitrogen and oxygen atoms in total. The Kier molecular flexibility index (Phi) is 5.91. The van der Waals surface area contributed by atoms with E-state index in [2.05, 4.69) is 0 Å². The number of hydrogen-bond acceptors (Lipinski definition) is 7. The van der Waals surface area contributed by atoms with E-state index in [0.29, 0.717) is 0 Å². The molecule has 150 valence electrons. The minimum Gasteiger partial charge on any atom is -0.493 e. The van der Waals surface area contributed by atoms with Gasteiger partial charge in [-0.25, -0.2) is 0 Å². The third kappa shape index (κ3) is 4.39. The van der Waals surface area contributed by atoms with Crippen molar-refractivity contribution in [3.63, 3.8) is 0 Å². The number of nitrogens with zero attached hydrogens (tertiary/aromatic N) is 2. The standard InChI is InChI=1S/C16H13F3N2O7/c1-26-13-7-11(12(21(24)25)8-14(13)27-2)15(16(17,18)19)28-10-5-3-9(4-6-10)20(22)23/h3-8,15H,1-2H3. The molecule has 0 aliphatic carbocycles. The van der Waals surface area contributed by atoms with E-state index < -0.39 is 33.4 Å². The zero-order chi connectivity index (χ0) is 21.1. The normalized spacial score (nSPS) is 12.2. The van der Waals surface area contributed by atoms with Gasteiger partial charge in [-0.15, -0.1) is 0 Å². The summed E-state index contributed by atoms with van der Waals surface area (Å²) in [6.07, 6.45) is -7.76. The number of nitro benzene ring substituents is 2. The van der Waals surface area contributed by atoms with Crippen molar-refractivity contribution in [1.29, 1.82) is 0 Å². The van der Waals surface area contributed by atoms with Crippen molar-refractivity contribution in [3.05, 3.63) is 62.2 Å². The van der Waals surface area contributed by atoms with E-state index in [1.54, 1.807) is 0 Å². The van der Waals surface area contributed by atoms with Crippen molar-refractivity contribution in [1.82, 2.24) is 0 Å². The number of halogens is 3. The van der Waals surface area contributed by atoms with Gasteiger partial charge in [-0.1, -0.05) is 0 Å². The lowest BCUT2D eigenvalue weighted by atomic mass is 10.0. The number of hydrogen-bond donors (Lipinski definition) is 0. The number of rotatable bonds is 7. The fraction of sp³-hybridized carbons (Fsp3) is 0.250. The Morgan fingerprint density at radius 3 is 1.89 bits per heavy atom. The third-order valence-corrected chi connectivity index (χ3v) is 3.61. The van der Waals surface area contributed by atoms with Crippen molar-refractivity contribution < 1.29 is 37.2 Å². The summed E-state index contributed by atoms with van der Waals surface area (Å²) in [5, 5.41) is 22.0. The summed E-state index contributed by atoms with van der Waals surface area (Å²) in [5.41, 5.74) is -2.05. The molecule has 0 fully saturated rings. The molecule has 12 heteroatoms. The van der Waals surface area contributed by atoms with Crippen LogP contribution < -0.4 is 14.2 Å². The Balaban J connectivity index is 2.56. The summed E-state index contributed by atoms with van der Waals surface area (Å²) in [5.74, 6) is -0.657. The summed E-state index contributed by atoms with van der Waals surface area (Å²) in [4.78, 5) is 20.2. The molecule has 2 rings (SSSR count). The van der Waals surface area contributed by atoms with Gasteiger partial charge < -0.3 is 14.2 Å². The Morgan fingerprint density at radius 1 is 0.929 bits per heavy atom. The van der Waals surface area contributed by atoms with Crippen molar-refractivity contribution in [2.75, 3.05) is 14.2 Å². The Morgan fingerprint density at radius 2 is 1.46 bits per heavy atom. The van der Waals surface area contributed by atoms with Crippen molar-refractivity contribution in [3.8, 4) is 17.2 Å². The lowest BCUT2D eigenvalue weighted by Crippen LogP contribution is -2.27. The molecule has 0 spiro atoms. The zero-order valence-corrected chi connectivity index (χ0v) is 14.4. The fourth-order valence-corrected chi connectivity index (χ4v) is 2.34. The minimum absolute atomic E-state index is 0.130. The van der Waals surface area contributed by atoms with E-state index >= 15 is 0 Å². The summed E-state index contributed by atoms with van der Waals surface area (Å²) < 4.78 is 55.6. The van der Waals surface area contributed by atoms with Crippen LogP contribution in [0, 0.1) is 20.2 Å². The van der Waals surface area contributed by atoms with Crippen LogP contribution in [-0.4, -0.2) is 30.2 Å². The SMILES string of the molecule is COc1cc(C(Oc2ccc([N+](=O)[O-])cc2)C(F)(F)F)c([N+](=O)[O-])cc1OC. The van der Waals surface area contributed by atoms with Crippen LogP contribution in [0.3, 0.4) is 0 Å². The lowest BCUT2D eigenvalue weighted by Gasteiger charge is -2.23. The first-order valence-corrected chi connectivity index (χ1v) is 7.46. The van der Waals surface area contributed by atoms with Crippen LogP contribution in [0.4, 0.5) is 24.5 Å². The largest absolute Gasteiger partial charge is 0.493 e. The topological polar surface area (TPSA) is 114 Å². The van der Waals surface area contributed by atoms with E-state index in [1.807, 2.05) is 0 Å². The smallest absolute Gasteiger partial charge is 0.429 e. The number of benzene rings is 2. The van der Waals surface area contributed by atoms with E-state index in [0.717, 1.165) is 43.5 Å². The third-order valence-electron chi connectivity index (χ3n) is 3.61. The van der Waals surface area contributed by atoms with Gasteiger partial charge >= 0.3 is 6.18 Å². The second kappa shape index (κ2) is 7.98. The maximum Gasteiger partial charge on any atom is 0.429 e. The van der Waals surface area contributed by atoms with Gasteiger partial charge in [0, 0.05) is 12.1 Å². The van der Waals surface area contributed by atoms with Crippen molar-refractivity contribution in [2.24, 2.45) is 0 Å². The summed E-state index contributed by atoms with van der Waals surface area (Å²) in [6.45, 7) is 0. The molecule has 2 aromatic carbocycles. The summed E-state index contributed by atoms with van der Waals surface area (Å²) >= 11 is 0. The Hall–Kier alpha value is -3.57. The fourth-order valence-electron chi connectivity index (χ4n) is 2.34. The monoisotopic (exact) mass is 402 g/mol. The molecule has 28 heavy (non-hydrogen) atoms. The average molecular weight is 402 g/mol. The van der Waals surface area contributed by atoms with Crippen LogP contribution >= 0.6 is 0 Å². The molecule has 0 aliphatic heterocycles. The number of methoxy groups -OCH3 is 2. The molecule has 0 amide bonds. The first-order valence-electron chi connectivity index (χ1n) is 7.46. The molecule has 0 N–H and O–H groups in total. The van der Waals surface area contributed by atoms with Gasteiger partial charge in [0.25, 0.3) is 11.4 Å². The van der Waals surface area contributed by atoms with Crippen LogP contribution in [0.1, 0.15) is 11.7 Å². The molecule has 0 heterocycles. The van der Waals surface area contributed by atoms with E-state index in [9.17, 15) is 33.4 Å². The number of nitro groups is 2. The summed E-state index contributed by atoms with van der Waals surface area (Å²) in [7, 11) is 2.34. The number of alkyl halides is 3. The Labute approximate surface area is 155 Å². The molecule has 0 saturated carbocycles. The molecule has 0 radical (unpaired) electrons. The van der Waals surface area contributed by atoms with Crippen LogP contribution in [0.2, 0.25) is 0 Å². The van der Waals surface area contributed by atoms with Crippen molar-refractivity contribution >= 4 is 11.4 Å². The average Bonchev–Trinajstić information content (AvgIpc) is 2.64. The van der Waals surface area contributed by atoms with E-state index in [-0.39, 0.29) is 22.9 Å². The van der Waals surface area contributed by atoms with Gasteiger partial charge in [0.05, 0.1) is 35.7 Å². The maximum atomic E-state index is 13.6. The van der Waals surface area contributed by atoms with Gasteiger partial charge in [-0.05, 0) is 18.2 Å². The van der Waals surface area contributed by atoms with Crippen LogP contribution in [0.5, 0.6) is 17.2 Å². The first kappa shape index (κ1) is 20.7. The number of non-ortho nitro benzene ring substituents is 1. The Bertz CT molecular complexity index is 885. The van der Waals surface area contributed by atoms with Gasteiger partial charge in [0.2, 0.25) is 6.10 Å². The van der Waals surface area contributed by atoms with Crippen LogP contribution in [0.25, 0.3) is 0 Å². The first-order chi connectivity index (χ1) is 13.1. The highest BCUT2D eigenvalue weighted by molar-refractivity contribution is 5.55. The molecule has 1 unspecified atom stereocenters. The molecule has 0 aromatic heterocycles. The second-order valence-corrected chi connectivity index (χ2v) is 5.31. The van der Waals surface area contributed by atoms with E-state index in [1.165, 1.54) is 7.11 Å². The van der Waals surface area contributed by atoms with Gasteiger partial charge in [0.15, 0.2) is 11.5 Å². The molecule has 0 saturated heterocycles.